The minimum atomic E-state index is -3.39. The van der Waals surface area contributed by atoms with Gasteiger partial charge in [-0.2, -0.15) is 0 Å². The topological polar surface area (TPSA) is 92.3 Å². The lowest BCUT2D eigenvalue weighted by molar-refractivity contribution is 0.0526. The first-order valence-corrected chi connectivity index (χ1v) is 6.87. The first-order valence-electron chi connectivity index (χ1n) is 5.18. The van der Waals surface area contributed by atoms with Gasteiger partial charge >= 0.3 is 5.97 Å². The Morgan fingerprint density at radius 3 is 2.94 bits per heavy atom. The highest BCUT2D eigenvalue weighted by molar-refractivity contribution is 7.94. The number of hydrogen-bond acceptors (Lipinski definition) is 4. The number of aromatic amines is 1. The van der Waals surface area contributed by atoms with Crippen molar-refractivity contribution in [3.63, 3.8) is 0 Å². The van der Waals surface area contributed by atoms with E-state index >= 15 is 0 Å². The van der Waals surface area contributed by atoms with E-state index in [1.54, 1.807) is 19.1 Å². The monoisotopic (exact) mass is 268 g/mol. The molecular formula is C11H12N2O4S. The molecule has 0 amide bonds. The molecule has 0 aliphatic heterocycles. The molecule has 1 heterocycles. The molecule has 0 fully saturated rings. The van der Waals surface area contributed by atoms with Crippen LogP contribution >= 0.6 is 0 Å². The van der Waals surface area contributed by atoms with Crippen LogP contribution in [-0.2, 0) is 14.5 Å². The van der Waals surface area contributed by atoms with Gasteiger partial charge in [-0.1, -0.05) is 0 Å². The fourth-order valence-corrected chi connectivity index (χ4v) is 1.99. The second-order valence-corrected chi connectivity index (χ2v) is 5.30. The Balaban J connectivity index is 2.49. The quantitative estimate of drug-likeness (QED) is 0.646. The SMILES string of the molecule is C=S(=O)(O)c1nc2ccc(C(=O)OCC)cc2[nH]1. The van der Waals surface area contributed by atoms with E-state index in [0.29, 0.717) is 16.6 Å². The lowest BCUT2D eigenvalue weighted by Crippen LogP contribution is -2.04. The van der Waals surface area contributed by atoms with E-state index in [0.717, 1.165) is 0 Å². The second kappa shape index (κ2) is 4.43. The van der Waals surface area contributed by atoms with Gasteiger partial charge in [0.05, 0.1) is 23.2 Å². The van der Waals surface area contributed by atoms with E-state index in [9.17, 15) is 13.6 Å². The molecular weight excluding hydrogens is 256 g/mol. The van der Waals surface area contributed by atoms with Gasteiger partial charge in [0.1, 0.15) is 9.80 Å². The Labute approximate surface area is 104 Å². The zero-order valence-corrected chi connectivity index (χ0v) is 10.5. The number of aromatic nitrogens is 2. The third kappa shape index (κ3) is 2.36. The van der Waals surface area contributed by atoms with E-state index < -0.39 is 15.8 Å². The van der Waals surface area contributed by atoms with Gasteiger partial charge in [0.15, 0.2) is 0 Å². The standard InChI is InChI=1S/C11H12N2O4S/c1-3-17-10(14)7-4-5-8-9(6-7)13-11(12-8)18(2,15)16/h4-6H,2-3H2,1H3,(H,12,13)(H,15,16). The van der Waals surface area contributed by atoms with E-state index in [4.69, 9.17) is 4.74 Å². The average molecular weight is 268 g/mol. The van der Waals surface area contributed by atoms with Crippen molar-refractivity contribution in [3.05, 3.63) is 23.8 Å². The number of nitrogens with zero attached hydrogens (tertiary/aromatic N) is 1. The zero-order valence-electron chi connectivity index (χ0n) is 9.67. The van der Waals surface area contributed by atoms with Crippen LogP contribution < -0.4 is 0 Å². The van der Waals surface area contributed by atoms with Gasteiger partial charge in [-0.15, -0.1) is 0 Å². The predicted octanol–water partition coefficient (Wildman–Crippen LogP) is 1.29. The lowest BCUT2D eigenvalue weighted by atomic mass is 10.2. The molecule has 6 nitrogen and oxygen atoms in total. The number of rotatable bonds is 3. The molecule has 18 heavy (non-hydrogen) atoms. The summed E-state index contributed by atoms with van der Waals surface area (Å²) in [6.07, 6.45) is 0. The summed E-state index contributed by atoms with van der Waals surface area (Å²) in [5, 5.41) is -0.112. The normalized spacial score (nSPS) is 14.3. The Bertz CT molecular complexity index is 703. The largest absolute Gasteiger partial charge is 0.462 e. The van der Waals surface area contributed by atoms with Gasteiger partial charge in [-0.05, 0) is 31.0 Å². The molecule has 1 aromatic carbocycles. The Hall–Kier alpha value is -1.86. The molecule has 0 radical (unpaired) electrons. The number of ether oxygens (including phenoxy) is 1. The molecule has 0 saturated heterocycles. The maximum absolute atomic E-state index is 11.5. The molecule has 1 unspecified atom stereocenters. The number of benzene rings is 1. The highest BCUT2D eigenvalue weighted by Gasteiger charge is 2.12. The summed E-state index contributed by atoms with van der Waals surface area (Å²) in [5.41, 5.74) is 1.33. The number of nitrogens with one attached hydrogen (secondary N) is 1. The smallest absolute Gasteiger partial charge is 0.338 e. The third-order valence-corrected chi connectivity index (χ3v) is 3.07. The summed E-state index contributed by atoms with van der Waals surface area (Å²) in [5.74, 6) is 2.67. The van der Waals surface area contributed by atoms with Crippen LogP contribution in [0.3, 0.4) is 0 Å². The highest BCUT2D eigenvalue weighted by atomic mass is 32.2. The summed E-state index contributed by atoms with van der Waals surface area (Å²) >= 11 is 0. The molecule has 2 rings (SSSR count). The summed E-state index contributed by atoms with van der Waals surface area (Å²) in [4.78, 5) is 18.1. The first-order chi connectivity index (χ1) is 8.41. The minimum Gasteiger partial charge on any atom is -0.462 e. The van der Waals surface area contributed by atoms with Crippen molar-refractivity contribution < 1.29 is 18.3 Å². The maximum Gasteiger partial charge on any atom is 0.338 e. The molecule has 0 aliphatic carbocycles. The Morgan fingerprint density at radius 1 is 1.61 bits per heavy atom. The van der Waals surface area contributed by atoms with Crippen LogP contribution in [-0.4, -0.2) is 37.2 Å². The van der Waals surface area contributed by atoms with E-state index in [2.05, 4.69) is 15.8 Å². The molecule has 1 atom stereocenters. The molecule has 2 N–H and O–H groups in total. The van der Waals surface area contributed by atoms with Crippen molar-refractivity contribution in [2.75, 3.05) is 6.61 Å². The van der Waals surface area contributed by atoms with Crippen LogP contribution in [0.4, 0.5) is 0 Å². The van der Waals surface area contributed by atoms with Crippen LogP contribution in [0.5, 0.6) is 0 Å². The molecule has 2 aromatic rings. The molecule has 0 saturated carbocycles. The molecule has 7 heteroatoms. The summed E-state index contributed by atoms with van der Waals surface area (Å²) in [7, 11) is -3.39. The van der Waals surface area contributed by atoms with Crippen molar-refractivity contribution in [3.8, 4) is 0 Å². The Morgan fingerprint density at radius 2 is 2.33 bits per heavy atom. The number of fused-ring (bicyclic) bond motifs is 1. The molecule has 0 aliphatic rings. The van der Waals surface area contributed by atoms with Crippen LogP contribution in [0.15, 0.2) is 23.4 Å². The number of hydrogen-bond donors (Lipinski definition) is 2. The highest BCUT2D eigenvalue weighted by Crippen LogP contribution is 2.16. The zero-order chi connectivity index (χ0) is 13.3. The number of esters is 1. The van der Waals surface area contributed by atoms with Crippen molar-refractivity contribution in [1.29, 1.82) is 0 Å². The second-order valence-electron chi connectivity index (χ2n) is 3.63. The molecule has 96 valence electrons. The average Bonchev–Trinajstić information content (AvgIpc) is 2.71. The Kier molecular flexibility index (Phi) is 3.10. The van der Waals surface area contributed by atoms with Crippen molar-refractivity contribution >= 4 is 32.7 Å². The van der Waals surface area contributed by atoms with E-state index in [-0.39, 0.29) is 11.8 Å². The van der Waals surface area contributed by atoms with Gasteiger partial charge < -0.3 is 14.3 Å². The van der Waals surface area contributed by atoms with E-state index in [1.165, 1.54) is 6.07 Å². The van der Waals surface area contributed by atoms with Crippen molar-refractivity contribution in [2.45, 2.75) is 12.1 Å². The first kappa shape index (κ1) is 12.6. The van der Waals surface area contributed by atoms with Crippen LogP contribution in [0.1, 0.15) is 17.3 Å². The number of H-pyrrole nitrogens is 1. The molecule has 0 bridgehead atoms. The number of carbonyl (C=O) groups excluding carboxylic acids is 1. The summed E-state index contributed by atoms with van der Waals surface area (Å²) < 4.78 is 25.5. The van der Waals surface area contributed by atoms with Crippen LogP contribution in [0, 0.1) is 0 Å². The van der Waals surface area contributed by atoms with Crippen molar-refractivity contribution in [2.24, 2.45) is 0 Å². The molecule has 1 aromatic heterocycles. The van der Waals surface area contributed by atoms with Gasteiger partial charge in [-0.25, -0.2) is 14.0 Å². The van der Waals surface area contributed by atoms with Crippen LogP contribution in [0.25, 0.3) is 11.0 Å². The summed E-state index contributed by atoms with van der Waals surface area (Å²) in [6, 6.07) is 4.65. The van der Waals surface area contributed by atoms with Gasteiger partial charge in [-0.3, -0.25) is 0 Å². The number of carbonyl (C=O) groups is 1. The minimum absolute atomic E-state index is 0.112. The maximum atomic E-state index is 11.5. The fraction of sp³-hybridized carbons (Fsp3) is 0.182. The predicted molar refractivity (Wildman–Crippen MR) is 68.2 cm³/mol. The summed E-state index contributed by atoms with van der Waals surface area (Å²) in [6.45, 7) is 2.00. The van der Waals surface area contributed by atoms with Gasteiger partial charge in [0.25, 0.3) is 0 Å². The third-order valence-electron chi connectivity index (χ3n) is 2.27. The van der Waals surface area contributed by atoms with Gasteiger partial charge in [0.2, 0.25) is 5.16 Å². The fourth-order valence-electron chi connectivity index (χ4n) is 1.48. The number of imidazole rings is 1. The lowest BCUT2D eigenvalue weighted by Gasteiger charge is -2.00. The molecule has 0 spiro atoms. The van der Waals surface area contributed by atoms with E-state index in [1.807, 2.05) is 0 Å². The van der Waals surface area contributed by atoms with Crippen molar-refractivity contribution in [1.82, 2.24) is 9.97 Å². The van der Waals surface area contributed by atoms with Gasteiger partial charge in [0, 0.05) is 0 Å². The van der Waals surface area contributed by atoms with Crippen LogP contribution in [0.2, 0.25) is 0 Å².